The largest absolute Gasteiger partial charge is 0.324 e. The second-order valence-corrected chi connectivity index (χ2v) is 5.95. The average Bonchev–Trinajstić information content (AvgIpc) is 2.87. The van der Waals surface area contributed by atoms with Crippen LogP contribution in [0.2, 0.25) is 0 Å². The molecule has 1 aliphatic heterocycles. The molecule has 0 aromatic carbocycles. The van der Waals surface area contributed by atoms with Gasteiger partial charge in [-0.05, 0) is 36.0 Å². The number of rotatable bonds is 5. The van der Waals surface area contributed by atoms with E-state index in [4.69, 9.17) is 0 Å². The molecule has 1 unspecified atom stereocenters. The van der Waals surface area contributed by atoms with Gasteiger partial charge in [0.2, 0.25) is 0 Å². The van der Waals surface area contributed by atoms with Crippen LogP contribution in [-0.2, 0) is 6.54 Å². The predicted octanol–water partition coefficient (Wildman–Crippen LogP) is 2.50. The van der Waals surface area contributed by atoms with E-state index in [-0.39, 0.29) is 9.92 Å². The predicted molar refractivity (Wildman–Crippen MR) is 68.1 cm³/mol. The highest BCUT2D eigenvalue weighted by atomic mass is 32.2. The van der Waals surface area contributed by atoms with Crippen molar-refractivity contribution in [2.45, 2.75) is 13.0 Å². The van der Waals surface area contributed by atoms with Gasteiger partial charge in [0.15, 0.2) is 0 Å². The van der Waals surface area contributed by atoms with Gasteiger partial charge in [-0.2, -0.15) is 11.8 Å². The van der Waals surface area contributed by atoms with Crippen molar-refractivity contribution in [3.63, 3.8) is 0 Å². The molecule has 0 radical (unpaired) electrons. The summed E-state index contributed by atoms with van der Waals surface area (Å²) in [6.07, 6.45) is 1.29. The number of hydrogen-bond acceptors (Lipinski definition) is 5. The molecule has 1 aliphatic rings. The van der Waals surface area contributed by atoms with Gasteiger partial charge >= 0.3 is 5.00 Å². The van der Waals surface area contributed by atoms with Gasteiger partial charge in [-0.15, -0.1) is 0 Å². The first-order valence-electron chi connectivity index (χ1n) is 5.26. The van der Waals surface area contributed by atoms with Crippen LogP contribution in [-0.4, -0.2) is 23.0 Å². The lowest BCUT2D eigenvalue weighted by molar-refractivity contribution is -0.380. The molecular weight excluding hydrogens is 244 g/mol. The van der Waals surface area contributed by atoms with Gasteiger partial charge in [0.05, 0.1) is 4.92 Å². The highest BCUT2D eigenvalue weighted by Gasteiger charge is 2.15. The fourth-order valence-electron chi connectivity index (χ4n) is 1.72. The summed E-state index contributed by atoms with van der Waals surface area (Å²) in [6, 6.07) is 1.65. The minimum absolute atomic E-state index is 0.230. The zero-order chi connectivity index (χ0) is 11.4. The number of hydrogen-bond donors (Lipinski definition) is 1. The van der Waals surface area contributed by atoms with Crippen molar-refractivity contribution in [2.75, 3.05) is 18.1 Å². The van der Waals surface area contributed by atoms with Crippen molar-refractivity contribution < 1.29 is 4.92 Å². The van der Waals surface area contributed by atoms with Gasteiger partial charge in [-0.1, -0.05) is 11.3 Å². The zero-order valence-electron chi connectivity index (χ0n) is 8.85. The van der Waals surface area contributed by atoms with Crippen molar-refractivity contribution in [2.24, 2.45) is 5.92 Å². The number of thioether (sulfide) groups is 1. The van der Waals surface area contributed by atoms with Crippen LogP contribution in [0.4, 0.5) is 5.00 Å². The number of nitrogens with zero attached hydrogens (tertiary/aromatic N) is 1. The minimum atomic E-state index is -0.332. The molecule has 2 rings (SSSR count). The molecule has 0 amide bonds. The van der Waals surface area contributed by atoms with Crippen molar-refractivity contribution >= 4 is 28.1 Å². The Kier molecular flexibility index (Phi) is 4.20. The monoisotopic (exact) mass is 258 g/mol. The van der Waals surface area contributed by atoms with Gasteiger partial charge < -0.3 is 5.32 Å². The molecule has 1 N–H and O–H groups in total. The number of nitro groups is 1. The second-order valence-electron chi connectivity index (χ2n) is 3.91. The summed E-state index contributed by atoms with van der Waals surface area (Å²) in [5.74, 6) is 3.30. The normalized spacial score (nSPS) is 20.1. The molecule has 88 valence electrons. The summed E-state index contributed by atoms with van der Waals surface area (Å²) in [5.41, 5.74) is 1.02. The molecule has 1 aromatic heterocycles. The molecule has 0 spiro atoms. The maximum absolute atomic E-state index is 10.5. The Hall–Kier alpha value is -0.590. The summed E-state index contributed by atoms with van der Waals surface area (Å²) in [6.45, 7) is 1.77. The molecule has 0 bridgehead atoms. The van der Waals surface area contributed by atoms with Crippen LogP contribution in [0.3, 0.4) is 0 Å². The Bertz CT molecular complexity index is 361. The van der Waals surface area contributed by atoms with Crippen LogP contribution < -0.4 is 5.32 Å². The quantitative estimate of drug-likeness (QED) is 0.651. The fourth-order valence-corrected chi connectivity index (χ4v) is 3.73. The Morgan fingerprint density at radius 1 is 1.62 bits per heavy atom. The molecule has 16 heavy (non-hydrogen) atoms. The Morgan fingerprint density at radius 3 is 3.12 bits per heavy atom. The molecule has 0 saturated carbocycles. The molecule has 4 nitrogen and oxygen atoms in total. The molecular formula is C10H14N2O2S2. The summed E-state index contributed by atoms with van der Waals surface area (Å²) >= 11 is 3.21. The van der Waals surface area contributed by atoms with Crippen LogP contribution >= 0.6 is 23.1 Å². The number of thiophene rings is 1. The molecule has 1 atom stereocenters. The first-order chi connectivity index (χ1) is 7.75. The molecule has 1 fully saturated rings. The molecule has 0 aliphatic carbocycles. The van der Waals surface area contributed by atoms with E-state index in [2.05, 4.69) is 5.32 Å². The maximum Gasteiger partial charge on any atom is 0.324 e. The first kappa shape index (κ1) is 11.9. The van der Waals surface area contributed by atoms with Crippen molar-refractivity contribution in [3.8, 4) is 0 Å². The minimum Gasteiger partial charge on any atom is -0.312 e. The lowest BCUT2D eigenvalue weighted by Crippen LogP contribution is -2.21. The van der Waals surface area contributed by atoms with Crippen molar-refractivity contribution in [3.05, 3.63) is 27.1 Å². The first-order valence-corrected chi connectivity index (χ1v) is 7.29. The van der Waals surface area contributed by atoms with Crippen LogP contribution in [0.1, 0.15) is 12.0 Å². The third-order valence-electron chi connectivity index (χ3n) is 2.61. The van der Waals surface area contributed by atoms with E-state index in [9.17, 15) is 10.1 Å². The van der Waals surface area contributed by atoms with Gasteiger partial charge in [-0.25, -0.2) is 0 Å². The highest BCUT2D eigenvalue weighted by molar-refractivity contribution is 7.99. The standard InChI is InChI=1S/C10H14N2O2S2/c13-12(14)10-3-9(7-16-10)5-11-4-8-1-2-15-6-8/h3,7-8,11H,1-2,4-6H2. The lowest BCUT2D eigenvalue weighted by atomic mass is 10.1. The van der Waals surface area contributed by atoms with Gasteiger partial charge in [-0.3, -0.25) is 10.1 Å². The van der Waals surface area contributed by atoms with Gasteiger partial charge in [0.1, 0.15) is 0 Å². The highest BCUT2D eigenvalue weighted by Crippen LogP contribution is 2.24. The van der Waals surface area contributed by atoms with E-state index < -0.39 is 0 Å². The summed E-state index contributed by atoms with van der Waals surface area (Å²) in [7, 11) is 0. The molecule has 6 heteroatoms. The maximum atomic E-state index is 10.5. The van der Waals surface area contributed by atoms with E-state index >= 15 is 0 Å². The van der Waals surface area contributed by atoms with E-state index in [1.165, 1.54) is 29.3 Å². The summed E-state index contributed by atoms with van der Waals surface area (Å²) < 4.78 is 0. The lowest BCUT2D eigenvalue weighted by Gasteiger charge is -2.08. The summed E-state index contributed by atoms with van der Waals surface area (Å²) in [5, 5.41) is 15.9. The number of nitrogens with one attached hydrogen (secondary N) is 1. The molecule has 1 saturated heterocycles. The second kappa shape index (κ2) is 5.65. The summed E-state index contributed by atoms with van der Waals surface area (Å²) in [4.78, 5) is 10.2. The van der Waals surface area contributed by atoms with Crippen molar-refractivity contribution in [1.29, 1.82) is 0 Å². The smallest absolute Gasteiger partial charge is 0.312 e. The van der Waals surface area contributed by atoms with Crippen LogP contribution in [0.5, 0.6) is 0 Å². The third-order valence-corrected chi connectivity index (χ3v) is 4.77. The third kappa shape index (κ3) is 3.20. The topological polar surface area (TPSA) is 55.2 Å². The van der Waals surface area contributed by atoms with Crippen LogP contribution in [0.15, 0.2) is 11.4 Å². The fraction of sp³-hybridized carbons (Fsp3) is 0.600. The molecule has 2 heterocycles. The van der Waals surface area contributed by atoms with Gasteiger partial charge in [0.25, 0.3) is 0 Å². The SMILES string of the molecule is O=[N+]([O-])c1cc(CNCC2CCSC2)cs1. The average molecular weight is 258 g/mol. The van der Waals surface area contributed by atoms with E-state index in [1.54, 1.807) is 6.07 Å². The van der Waals surface area contributed by atoms with E-state index in [0.717, 1.165) is 24.6 Å². The van der Waals surface area contributed by atoms with Crippen LogP contribution in [0, 0.1) is 16.0 Å². The van der Waals surface area contributed by atoms with E-state index in [0.29, 0.717) is 0 Å². The Labute approximate surface area is 103 Å². The molecule has 1 aromatic rings. The Morgan fingerprint density at radius 2 is 2.50 bits per heavy atom. The Balaban J connectivity index is 1.74. The van der Waals surface area contributed by atoms with E-state index in [1.807, 2.05) is 17.1 Å². The van der Waals surface area contributed by atoms with Crippen LogP contribution in [0.25, 0.3) is 0 Å². The van der Waals surface area contributed by atoms with Crippen molar-refractivity contribution in [1.82, 2.24) is 5.32 Å². The van der Waals surface area contributed by atoms with Gasteiger partial charge in [0, 0.05) is 18.0 Å². The zero-order valence-corrected chi connectivity index (χ0v) is 10.5.